The number of hydrogen-bond donors (Lipinski definition) is 3. The zero-order valence-electron chi connectivity index (χ0n) is 28.2. The number of aliphatic hydroxyl groups excluding tert-OH is 1. The van der Waals surface area contributed by atoms with Crippen LogP contribution in [0.3, 0.4) is 0 Å². The van der Waals surface area contributed by atoms with Crippen molar-refractivity contribution in [3.8, 4) is 0 Å². The van der Waals surface area contributed by atoms with Gasteiger partial charge >= 0.3 is 6.18 Å². The van der Waals surface area contributed by atoms with Gasteiger partial charge in [-0.1, -0.05) is 61.0 Å². The molecule has 1 saturated carbocycles. The van der Waals surface area contributed by atoms with E-state index in [0.29, 0.717) is 50.8 Å². The number of para-hydroxylation sites is 1. The Labute approximate surface area is 285 Å². The van der Waals surface area contributed by atoms with E-state index in [4.69, 9.17) is 0 Å². The van der Waals surface area contributed by atoms with E-state index in [0.717, 1.165) is 54.6 Å². The van der Waals surface area contributed by atoms with Gasteiger partial charge in [0, 0.05) is 52.8 Å². The number of ketones is 1. The van der Waals surface area contributed by atoms with Gasteiger partial charge in [-0.15, -0.1) is 0 Å². The van der Waals surface area contributed by atoms with Crippen LogP contribution >= 0.6 is 0 Å². The quantitative estimate of drug-likeness (QED) is 0.150. The summed E-state index contributed by atoms with van der Waals surface area (Å²) in [4.78, 5) is 20.2. The predicted molar refractivity (Wildman–Crippen MR) is 186 cm³/mol. The van der Waals surface area contributed by atoms with Gasteiger partial charge in [0.15, 0.2) is 5.78 Å². The van der Waals surface area contributed by atoms with Gasteiger partial charge in [-0.25, -0.2) is 0 Å². The second-order valence-corrected chi connectivity index (χ2v) is 14.9. The molecule has 258 valence electrons. The van der Waals surface area contributed by atoms with Gasteiger partial charge < -0.3 is 15.2 Å². The second kappa shape index (κ2) is 12.9. The average molecular weight is 671 g/mol. The molecule has 4 atom stereocenters. The maximum atomic E-state index is 14.2. The number of fused-ring (bicyclic) bond motifs is 11. The highest BCUT2D eigenvalue weighted by Crippen LogP contribution is 2.59. The van der Waals surface area contributed by atoms with Gasteiger partial charge in [-0.2, -0.15) is 13.2 Å². The van der Waals surface area contributed by atoms with Crippen LogP contribution in [0.5, 0.6) is 0 Å². The summed E-state index contributed by atoms with van der Waals surface area (Å²) in [5.74, 6) is -0.674. The number of nitrogens with one attached hydrogen (secondary N) is 1. The number of halogens is 3. The number of carbonyl (C=O) groups is 1. The third kappa shape index (κ3) is 6.39. The smallest absolute Gasteiger partial charge is 0.393 e. The summed E-state index contributed by atoms with van der Waals surface area (Å²) < 4.78 is 41.1. The summed E-state index contributed by atoms with van der Waals surface area (Å²) in [5, 5.41) is 24.9. The average Bonchev–Trinajstić information content (AvgIpc) is 3.56. The number of rotatable bonds is 4. The Kier molecular flexibility index (Phi) is 8.87. The molecule has 5 nitrogen and oxygen atoms in total. The topological polar surface area (TPSA) is 76.6 Å². The fourth-order valence-corrected chi connectivity index (χ4v) is 8.94. The highest BCUT2D eigenvalue weighted by atomic mass is 19.4. The Morgan fingerprint density at radius 2 is 1.84 bits per heavy atom. The number of alkyl halides is 3. The van der Waals surface area contributed by atoms with Crippen molar-refractivity contribution in [2.24, 2.45) is 5.41 Å². The summed E-state index contributed by atoms with van der Waals surface area (Å²) in [5.41, 5.74) is 4.16. The highest BCUT2D eigenvalue weighted by molar-refractivity contribution is 6.10. The van der Waals surface area contributed by atoms with Crippen molar-refractivity contribution in [1.82, 2.24) is 9.88 Å². The molecule has 1 aromatic heterocycles. The number of aromatic amines is 1. The zero-order valence-corrected chi connectivity index (χ0v) is 28.2. The fourth-order valence-electron chi connectivity index (χ4n) is 8.94. The molecule has 3 aromatic carbocycles. The van der Waals surface area contributed by atoms with Crippen LogP contribution in [-0.4, -0.2) is 50.7 Å². The lowest BCUT2D eigenvalue weighted by molar-refractivity contribution is -0.137. The Hall–Kier alpha value is -3.72. The summed E-state index contributed by atoms with van der Waals surface area (Å²) in [6, 6.07) is 18.6. The SMILES string of the molecule is CC1=CCCC2(C)C(CCC2(O)CN2CCc3c([nH]c4ccccc34)C2)c2ccc(cc2C(=O)c2cccc(C(F)(F)F)c2)CC(O)CC1. The van der Waals surface area contributed by atoms with Crippen LogP contribution in [0, 0.1) is 5.41 Å². The van der Waals surface area contributed by atoms with Crippen LogP contribution in [0.4, 0.5) is 13.2 Å². The van der Waals surface area contributed by atoms with Crippen molar-refractivity contribution >= 4 is 16.7 Å². The number of benzene rings is 3. The molecule has 2 heterocycles. The predicted octanol–water partition coefficient (Wildman–Crippen LogP) is 8.51. The molecule has 0 spiro atoms. The fraction of sp³-hybridized carbons (Fsp3) is 0.439. The van der Waals surface area contributed by atoms with Crippen LogP contribution < -0.4 is 0 Å². The van der Waals surface area contributed by atoms with Gasteiger partial charge in [-0.05, 0) is 105 Å². The van der Waals surface area contributed by atoms with E-state index in [9.17, 15) is 28.2 Å². The molecule has 49 heavy (non-hydrogen) atoms. The number of aromatic nitrogens is 1. The number of carbonyl (C=O) groups excluding carboxylic acids is 1. The van der Waals surface area contributed by atoms with Gasteiger partial charge in [0.25, 0.3) is 0 Å². The molecule has 1 fully saturated rings. The van der Waals surface area contributed by atoms with Crippen LogP contribution in [0.1, 0.15) is 102 Å². The van der Waals surface area contributed by atoms with Crippen molar-refractivity contribution in [1.29, 1.82) is 0 Å². The molecule has 0 saturated heterocycles. The Morgan fingerprint density at radius 1 is 1.02 bits per heavy atom. The minimum absolute atomic E-state index is 0.0223. The normalized spacial score (nSPS) is 26.6. The Morgan fingerprint density at radius 3 is 2.65 bits per heavy atom. The van der Waals surface area contributed by atoms with Crippen molar-refractivity contribution in [2.45, 2.75) is 95.6 Å². The molecule has 0 radical (unpaired) electrons. The number of β-amino-alcohol motifs (C(OH)–C–C–N with tert-alkyl or cyclic N) is 1. The largest absolute Gasteiger partial charge is 0.416 e. The lowest BCUT2D eigenvalue weighted by Gasteiger charge is -2.46. The van der Waals surface area contributed by atoms with E-state index in [1.54, 1.807) is 6.07 Å². The van der Waals surface area contributed by atoms with E-state index >= 15 is 0 Å². The molecule has 4 aromatic rings. The van der Waals surface area contributed by atoms with Crippen molar-refractivity contribution < 1.29 is 28.2 Å². The van der Waals surface area contributed by atoms with Crippen LogP contribution in [0.15, 0.2) is 78.4 Å². The molecule has 3 aliphatic carbocycles. The van der Waals surface area contributed by atoms with Crippen LogP contribution in [0.25, 0.3) is 10.9 Å². The first-order valence-corrected chi connectivity index (χ1v) is 17.6. The summed E-state index contributed by atoms with van der Waals surface area (Å²) in [6.45, 7) is 6.26. The molecule has 8 heteroatoms. The second-order valence-electron chi connectivity index (χ2n) is 14.9. The number of H-pyrrole nitrogens is 1. The number of hydrogen-bond acceptors (Lipinski definition) is 4. The number of aliphatic hydroxyl groups is 2. The Balaban J connectivity index is 1.27. The summed E-state index contributed by atoms with van der Waals surface area (Å²) >= 11 is 0. The maximum absolute atomic E-state index is 14.2. The standard InChI is InChI=1S/C41H45F3N2O3/c1-26-7-6-18-39(2)35(16-19-40(39,49)25-46-20-17-33-32-10-3-4-11-36(32)45-37(33)24-46)31-15-13-27(21-30(47)14-12-26)22-34(31)38(48)28-8-5-9-29(23-28)41(42,43)44/h3-5,7-11,13,15,22-23,30,35,45,47,49H,6,12,14,16-21,24-25H2,1-2H3. The van der Waals surface area contributed by atoms with E-state index < -0.39 is 34.6 Å². The third-order valence-corrected chi connectivity index (χ3v) is 11.8. The van der Waals surface area contributed by atoms with Crippen molar-refractivity contribution in [2.75, 3.05) is 13.1 Å². The molecule has 4 aliphatic rings. The van der Waals surface area contributed by atoms with Crippen LogP contribution in [0.2, 0.25) is 0 Å². The van der Waals surface area contributed by atoms with Crippen molar-refractivity contribution in [3.05, 3.63) is 117 Å². The first-order valence-electron chi connectivity index (χ1n) is 17.6. The van der Waals surface area contributed by atoms with E-state index in [-0.39, 0.29) is 11.5 Å². The Bertz CT molecular complexity index is 1910. The maximum Gasteiger partial charge on any atom is 0.416 e. The van der Waals surface area contributed by atoms with Crippen molar-refractivity contribution in [3.63, 3.8) is 0 Å². The lowest BCUT2D eigenvalue weighted by atomic mass is 9.64. The minimum Gasteiger partial charge on any atom is -0.393 e. The first kappa shape index (κ1) is 33.8. The minimum atomic E-state index is -4.58. The zero-order chi connectivity index (χ0) is 34.6. The molecule has 8 rings (SSSR count). The van der Waals surface area contributed by atoms with Gasteiger partial charge in [-0.3, -0.25) is 9.69 Å². The van der Waals surface area contributed by atoms with Gasteiger partial charge in [0.05, 0.1) is 17.3 Å². The first-order chi connectivity index (χ1) is 23.3. The molecule has 0 amide bonds. The van der Waals surface area contributed by atoms with E-state index in [1.165, 1.54) is 34.3 Å². The summed E-state index contributed by atoms with van der Waals surface area (Å²) in [6.07, 6.45) is 2.16. The number of allylic oxidation sites excluding steroid dienone is 2. The molecule has 4 unspecified atom stereocenters. The highest BCUT2D eigenvalue weighted by Gasteiger charge is 2.57. The molecule has 1 aliphatic heterocycles. The summed E-state index contributed by atoms with van der Waals surface area (Å²) in [7, 11) is 0. The van der Waals surface area contributed by atoms with E-state index in [1.807, 2.05) is 18.2 Å². The number of nitrogens with zero attached hydrogens (tertiary/aromatic N) is 1. The molecule has 3 N–H and O–H groups in total. The molecule has 2 bridgehead atoms. The third-order valence-electron chi connectivity index (χ3n) is 11.8. The lowest BCUT2D eigenvalue weighted by Crippen LogP contribution is -2.53. The monoisotopic (exact) mass is 670 g/mol. The van der Waals surface area contributed by atoms with Gasteiger partial charge in [0.2, 0.25) is 0 Å². The van der Waals surface area contributed by atoms with E-state index in [2.05, 4.69) is 48.0 Å². The molecular formula is C41H45F3N2O3. The molecular weight excluding hydrogens is 625 g/mol. The van der Waals surface area contributed by atoms with Gasteiger partial charge in [0.1, 0.15) is 0 Å². The van der Waals surface area contributed by atoms with Crippen LogP contribution in [-0.2, 0) is 25.6 Å².